The van der Waals surface area contributed by atoms with Crippen LogP contribution in [0.25, 0.3) is 0 Å². The summed E-state index contributed by atoms with van der Waals surface area (Å²) in [6, 6.07) is -0.692. The van der Waals surface area contributed by atoms with Gasteiger partial charge < -0.3 is 5.32 Å². The number of aryl methyl sites for hydroxylation is 1. The Labute approximate surface area is 123 Å². The van der Waals surface area contributed by atoms with Crippen molar-refractivity contribution < 1.29 is 21.6 Å². The number of carbonyl (C=O) groups is 1. The van der Waals surface area contributed by atoms with E-state index in [4.69, 9.17) is 5.14 Å². The summed E-state index contributed by atoms with van der Waals surface area (Å²) in [4.78, 5) is 11.7. The molecule has 0 aromatic carbocycles. The zero-order valence-electron chi connectivity index (χ0n) is 11.9. The van der Waals surface area contributed by atoms with E-state index in [0.717, 1.165) is 6.26 Å². The first-order chi connectivity index (χ1) is 9.45. The predicted molar refractivity (Wildman–Crippen MR) is 76.0 cm³/mol. The average Bonchev–Trinajstić information content (AvgIpc) is 2.68. The molecule has 1 aromatic rings. The van der Waals surface area contributed by atoms with E-state index in [-0.39, 0.29) is 22.0 Å². The summed E-state index contributed by atoms with van der Waals surface area (Å²) in [5.41, 5.74) is -0.145. The van der Waals surface area contributed by atoms with Crippen LogP contribution in [-0.2, 0) is 26.3 Å². The Morgan fingerprint density at radius 3 is 2.38 bits per heavy atom. The van der Waals surface area contributed by atoms with Crippen LogP contribution in [0.2, 0.25) is 0 Å². The summed E-state index contributed by atoms with van der Waals surface area (Å²) in [5, 5.41) is 13.6. The van der Waals surface area contributed by atoms with Crippen LogP contribution in [-0.4, -0.2) is 51.0 Å². The molecule has 1 rings (SSSR count). The lowest BCUT2D eigenvalue weighted by molar-refractivity contribution is 0.0935. The highest BCUT2D eigenvalue weighted by molar-refractivity contribution is 7.90. The second-order valence-electron chi connectivity index (χ2n) is 4.75. The van der Waals surface area contributed by atoms with Gasteiger partial charge in [0, 0.05) is 12.3 Å². The second kappa shape index (κ2) is 6.12. The third-order valence-electron chi connectivity index (χ3n) is 2.58. The van der Waals surface area contributed by atoms with Gasteiger partial charge in [-0.05, 0) is 13.3 Å². The summed E-state index contributed by atoms with van der Waals surface area (Å²) in [5.74, 6) is -1.07. The number of hydrogen-bond acceptors (Lipinski definition) is 6. The first-order valence-electron chi connectivity index (χ1n) is 6.04. The maximum Gasteiger partial charge on any atom is 0.273 e. The van der Waals surface area contributed by atoms with Crippen LogP contribution < -0.4 is 10.5 Å². The Bertz CT molecular complexity index is 735. The number of carbonyl (C=O) groups excluding carboxylic acids is 1. The van der Waals surface area contributed by atoms with E-state index in [2.05, 4.69) is 15.5 Å². The van der Waals surface area contributed by atoms with Crippen LogP contribution in [0.5, 0.6) is 0 Å². The number of aromatic nitrogens is 2. The topological polar surface area (TPSA) is 152 Å². The van der Waals surface area contributed by atoms with E-state index in [1.54, 1.807) is 6.92 Å². The maximum atomic E-state index is 12.0. The van der Waals surface area contributed by atoms with Crippen LogP contribution in [0.4, 0.5) is 0 Å². The molecular formula is C10H18N4O5S2. The Morgan fingerprint density at radius 2 is 1.95 bits per heavy atom. The fourth-order valence-corrected chi connectivity index (χ4v) is 3.79. The molecule has 9 nitrogen and oxygen atoms in total. The molecule has 120 valence electrons. The Kier molecular flexibility index (Phi) is 5.12. The van der Waals surface area contributed by atoms with Gasteiger partial charge in [-0.1, -0.05) is 6.92 Å². The molecule has 4 N–H and O–H groups in total. The smallest absolute Gasteiger partial charge is 0.273 e. The Balaban J connectivity index is 3.07. The number of nitrogens with zero attached hydrogens (tertiary/aromatic N) is 1. The molecule has 1 amide bonds. The molecule has 0 aliphatic heterocycles. The van der Waals surface area contributed by atoms with E-state index in [9.17, 15) is 21.6 Å². The fraction of sp³-hybridized carbons (Fsp3) is 0.600. The molecule has 21 heavy (non-hydrogen) atoms. The lowest BCUT2D eigenvalue weighted by Gasteiger charge is -2.12. The van der Waals surface area contributed by atoms with Gasteiger partial charge in [-0.2, -0.15) is 5.10 Å². The monoisotopic (exact) mass is 338 g/mol. The van der Waals surface area contributed by atoms with Crippen molar-refractivity contribution in [1.29, 1.82) is 0 Å². The van der Waals surface area contributed by atoms with Crippen molar-refractivity contribution in [2.75, 3.05) is 12.0 Å². The standard InChI is InChI=1S/C10H18N4O5S2/c1-4-7-9(21(11,18)19)8(14-13-7)10(15)12-6(2)5-20(3,16)17/h6H,4-5H2,1-3H3,(H,12,15)(H,13,14)(H2,11,18,19). The third kappa shape index (κ3) is 4.79. The third-order valence-corrected chi connectivity index (χ3v) is 4.69. The van der Waals surface area contributed by atoms with Gasteiger partial charge in [0.05, 0.1) is 11.4 Å². The van der Waals surface area contributed by atoms with Crippen molar-refractivity contribution in [3.05, 3.63) is 11.4 Å². The number of hydrogen-bond donors (Lipinski definition) is 3. The number of amides is 1. The quantitative estimate of drug-likeness (QED) is 0.591. The van der Waals surface area contributed by atoms with Gasteiger partial charge in [0.15, 0.2) is 5.69 Å². The molecule has 11 heteroatoms. The SMILES string of the molecule is CCc1[nH]nc(C(=O)NC(C)CS(C)(=O)=O)c1S(N)(=O)=O. The van der Waals surface area contributed by atoms with Gasteiger partial charge in [-0.3, -0.25) is 9.89 Å². The number of sulfone groups is 1. The number of primary sulfonamides is 1. The largest absolute Gasteiger partial charge is 0.347 e. The lowest BCUT2D eigenvalue weighted by atomic mass is 10.3. The van der Waals surface area contributed by atoms with Gasteiger partial charge in [0.1, 0.15) is 14.7 Å². The normalized spacial score (nSPS) is 13.9. The predicted octanol–water partition coefficient (Wildman–Crippen LogP) is -1.22. The van der Waals surface area contributed by atoms with Crippen molar-refractivity contribution in [3.63, 3.8) is 0 Å². The molecule has 1 atom stereocenters. The Morgan fingerprint density at radius 1 is 1.38 bits per heavy atom. The number of sulfonamides is 1. The van der Waals surface area contributed by atoms with Crippen molar-refractivity contribution in [1.82, 2.24) is 15.5 Å². The van der Waals surface area contributed by atoms with E-state index in [1.165, 1.54) is 6.92 Å². The van der Waals surface area contributed by atoms with Crippen molar-refractivity contribution in [3.8, 4) is 0 Å². The number of rotatable bonds is 6. The summed E-state index contributed by atoms with van der Waals surface area (Å²) >= 11 is 0. The summed E-state index contributed by atoms with van der Waals surface area (Å²) in [6.07, 6.45) is 1.33. The minimum absolute atomic E-state index is 0.221. The van der Waals surface area contributed by atoms with Gasteiger partial charge in [0.25, 0.3) is 5.91 Å². The minimum Gasteiger partial charge on any atom is -0.347 e. The molecular weight excluding hydrogens is 320 g/mol. The molecule has 0 radical (unpaired) electrons. The van der Waals surface area contributed by atoms with Crippen molar-refractivity contribution >= 4 is 25.8 Å². The molecule has 0 saturated heterocycles. The Hall–Kier alpha value is -1.46. The van der Waals surface area contributed by atoms with E-state index >= 15 is 0 Å². The minimum atomic E-state index is -4.12. The molecule has 0 saturated carbocycles. The van der Waals surface area contributed by atoms with Crippen LogP contribution in [0.1, 0.15) is 30.0 Å². The molecule has 1 aromatic heterocycles. The highest BCUT2D eigenvalue weighted by atomic mass is 32.2. The zero-order valence-corrected chi connectivity index (χ0v) is 13.5. The van der Waals surface area contributed by atoms with Crippen LogP contribution in [0, 0.1) is 0 Å². The van der Waals surface area contributed by atoms with Crippen LogP contribution in [0.3, 0.4) is 0 Å². The van der Waals surface area contributed by atoms with Crippen molar-refractivity contribution in [2.45, 2.75) is 31.2 Å². The molecule has 0 bridgehead atoms. The molecule has 0 spiro atoms. The highest BCUT2D eigenvalue weighted by Crippen LogP contribution is 2.17. The molecule has 0 aliphatic carbocycles. The molecule has 1 heterocycles. The van der Waals surface area contributed by atoms with Gasteiger partial charge >= 0.3 is 0 Å². The first kappa shape index (κ1) is 17.6. The van der Waals surface area contributed by atoms with E-state index < -0.39 is 31.8 Å². The maximum absolute atomic E-state index is 12.0. The first-order valence-corrected chi connectivity index (χ1v) is 9.65. The van der Waals surface area contributed by atoms with Gasteiger partial charge in [0.2, 0.25) is 10.0 Å². The number of H-pyrrole nitrogens is 1. The number of nitrogens with one attached hydrogen (secondary N) is 2. The lowest BCUT2D eigenvalue weighted by Crippen LogP contribution is -2.38. The summed E-state index contributed by atoms with van der Waals surface area (Å²) in [6.45, 7) is 3.17. The summed E-state index contributed by atoms with van der Waals surface area (Å²) in [7, 11) is -7.40. The van der Waals surface area contributed by atoms with Crippen LogP contribution in [0.15, 0.2) is 4.90 Å². The van der Waals surface area contributed by atoms with Crippen LogP contribution >= 0.6 is 0 Å². The molecule has 1 unspecified atom stereocenters. The number of nitrogens with two attached hydrogens (primary N) is 1. The molecule has 0 fully saturated rings. The highest BCUT2D eigenvalue weighted by Gasteiger charge is 2.27. The zero-order chi connectivity index (χ0) is 16.4. The van der Waals surface area contributed by atoms with E-state index in [1.807, 2.05) is 0 Å². The average molecular weight is 338 g/mol. The van der Waals surface area contributed by atoms with Gasteiger partial charge in [-0.15, -0.1) is 0 Å². The fourth-order valence-electron chi connectivity index (χ4n) is 1.86. The molecule has 0 aliphatic rings. The second-order valence-corrected chi connectivity index (χ2v) is 8.43. The van der Waals surface area contributed by atoms with Crippen molar-refractivity contribution in [2.24, 2.45) is 5.14 Å². The summed E-state index contributed by atoms with van der Waals surface area (Å²) < 4.78 is 45.4. The van der Waals surface area contributed by atoms with E-state index in [0.29, 0.717) is 6.42 Å². The van der Waals surface area contributed by atoms with Gasteiger partial charge in [-0.25, -0.2) is 22.0 Å². The number of aromatic amines is 1.